The van der Waals surface area contributed by atoms with Crippen LogP contribution in [-0.2, 0) is 15.3 Å². The van der Waals surface area contributed by atoms with Gasteiger partial charge >= 0.3 is 0 Å². The lowest BCUT2D eigenvalue weighted by molar-refractivity contribution is -0.157. The number of hydrogen-bond donors (Lipinski definition) is 1. The van der Waals surface area contributed by atoms with Crippen molar-refractivity contribution in [2.45, 2.75) is 42.0 Å². The molecule has 0 bridgehead atoms. The van der Waals surface area contributed by atoms with E-state index in [1.54, 1.807) is 40.0 Å². The fraction of sp³-hybridized carbons (Fsp3) is 0.450. The van der Waals surface area contributed by atoms with Gasteiger partial charge in [0.15, 0.2) is 5.76 Å². The van der Waals surface area contributed by atoms with E-state index in [-0.39, 0.29) is 28.7 Å². The molecule has 8 nitrogen and oxygen atoms in total. The van der Waals surface area contributed by atoms with Crippen LogP contribution in [0.3, 0.4) is 0 Å². The van der Waals surface area contributed by atoms with Gasteiger partial charge in [0.05, 0.1) is 24.3 Å². The predicted molar refractivity (Wildman–Crippen MR) is 104 cm³/mol. The Kier molecular flexibility index (Phi) is 4.61. The van der Waals surface area contributed by atoms with Gasteiger partial charge in [0.1, 0.15) is 17.8 Å². The van der Waals surface area contributed by atoms with Gasteiger partial charge in [-0.3, -0.25) is 14.4 Å². The molecule has 3 saturated heterocycles. The predicted octanol–water partition coefficient (Wildman–Crippen LogP) is 1.49. The van der Waals surface area contributed by atoms with Crippen molar-refractivity contribution < 1.29 is 23.2 Å². The van der Waals surface area contributed by atoms with Crippen LogP contribution in [0, 0.1) is 0 Å². The van der Waals surface area contributed by atoms with Gasteiger partial charge in [0.25, 0.3) is 5.91 Å². The van der Waals surface area contributed by atoms with Gasteiger partial charge < -0.3 is 24.0 Å². The average molecular weight is 415 g/mol. The second-order valence-electron chi connectivity index (χ2n) is 7.58. The molecular formula is C20H21N3O5S. The van der Waals surface area contributed by atoms with E-state index >= 15 is 0 Å². The molecule has 3 aliphatic rings. The van der Waals surface area contributed by atoms with E-state index < -0.39 is 18.1 Å². The molecule has 4 atom stereocenters. The molecule has 0 spiro atoms. The van der Waals surface area contributed by atoms with Crippen LogP contribution >= 0.6 is 11.8 Å². The van der Waals surface area contributed by atoms with Crippen molar-refractivity contribution in [3.8, 4) is 0 Å². The molecule has 29 heavy (non-hydrogen) atoms. The van der Waals surface area contributed by atoms with E-state index in [2.05, 4.69) is 5.32 Å². The molecule has 3 fully saturated rings. The third kappa shape index (κ3) is 3.23. The van der Waals surface area contributed by atoms with Crippen molar-refractivity contribution in [1.82, 2.24) is 15.1 Å². The number of furan rings is 2. The van der Waals surface area contributed by atoms with Gasteiger partial charge in [0.2, 0.25) is 11.8 Å². The number of nitrogens with one attached hydrogen (secondary N) is 1. The lowest BCUT2D eigenvalue weighted by Crippen LogP contribution is -2.64. The van der Waals surface area contributed by atoms with E-state index in [0.717, 1.165) is 11.5 Å². The van der Waals surface area contributed by atoms with Crippen LogP contribution in [0.25, 0.3) is 0 Å². The molecule has 0 aliphatic carbocycles. The van der Waals surface area contributed by atoms with E-state index in [1.165, 1.54) is 6.26 Å². The molecule has 152 valence electrons. The second kappa shape index (κ2) is 7.29. The monoisotopic (exact) mass is 415 g/mol. The lowest BCUT2D eigenvalue weighted by Gasteiger charge is -2.40. The first-order valence-electron chi connectivity index (χ1n) is 9.71. The largest absolute Gasteiger partial charge is 0.468 e. The number of rotatable bonds is 5. The summed E-state index contributed by atoms with van der Waals surface area (Å²) < 4.78 is 10.5. The molecule has 9 heteroatoms. The molecule has 3 aliphatic heterocycles. The Hall–Kier alpha value is -2.68. The number of fused-ring (bicyclic) bond motifs is 2. The minimum Gasteiger partial charge on any atom is -0.468 e. The van der Waals surface area contributed by atoms with Gasteiger partial charge in [-0.05, 0) is 37.1 Å². The van der Waals surface area contributed by atoms with Crippen molar-refractivity contribution in [3.63, 3.8) is 0 Å². The molecule has 0 radical (unpaired) electrons. The van der Waals surface area contributed by atoms with Crippen molar-refractivity contribution >= 4 is 29.5 Å². The van der Waals surface area contributed by atoms with E-state index in [4.69, 9.17) is 8.83 Å². The Balaban J connectivity index is 1.27. The highest BCUT2D eigenvalue weighted by molar-refractivity contribution is 7.99. The van der Waals surface area contributed by atoms with Gasteiger partial charge in [-0.1, -0.05) is 0 Å². The quantitative estimate of drug-likeness (QED) is 0.795. The summed E-state index contributed by atoms with van der Waals surface area (Å²) in [6, 6.07) is 5.56. The molecule has 1 N–H and O–H groups in total. The number of thioether (sulfide) groups is 1. The third-order valence-electron chi connectivity index (χ3n) is 5.87. The highest BCUT2D eigenvalue weighted by Crippen LogP contribution is 2.37. The maximum Gasteiger partial charge on any atom is 0.287 e. The van der Waals surface area contributed by atoms with Crippen LogP contribution in [0.4, 0.5) is 0 Å². The minimum atomic E-state index is -0.633. The molecule has 5 heterocycles. The molecule has 0 aromatic carbocycles. The zero-order valence-electron chi connectivity index (χ0n) is 15.7. The molecule has 3 amide bonds. The highest BCUT2D eigenvalue weighted by atomic mass is 32.2. The fourth-order valence-corrected chi connectivity index (χ4v) is 5.64. The zero-order valence-corrected chi connectivity index (χ0v) is 16.5. The van der Waals surface area contributed by atoms with E-state index in [0.29, 0.717) is 25.9 Å². The number of piperazine rings is 1. The van der Waals surface area contributed by atoms with Crippen LogP contribution in [0.15, 0.2) is 45.6 Å². The summed E-state index contributed by atoms with van der Waals surface area (Å²) in [7, 11) is 0. The smallest absolute Gasteiger partial charge is 0.287 e. The number of nitrogens with zero attached hydrogens (tertiary/aromatic N) is 2. The zero-order chi connectivity index (χ0) is 20.0. The van der Waals surface area contributed by atoms with E-state index in [9.17, 15) is 14.4 Å². The summed E-state index contributed by atoms with van der Waals surface area (Å²) in [6.07, 6.45) is 4.29. The summed E-state index contributed by atoms with van der Waals surface area (Å²) in [5.41, 5.74) is 0. The molecule has 5 rings (SSSR count). The maximum absolute atomic E-state index is 13.2. The summed E-state index contributed by atoms with van der Waals surface area (Å²) in [5.74, 6) is 1.36. The van der Waals surface area contributed by atoms with E-state index in [1.807, 2.05) is 12.1 Å². The SMILES string of the molecule is O=C(N[C@H]1CCN2C(=O)[C@@H]3C[C@H](SCc4ccco4)CN3C(=O)[C@H]12)c1ccco1. The average Bonchev–Trinajstić information content (AvgIpc) is 3.51. The summed E-state index contributed by atoms with van der Waals surface area (Å²) in [6.45, 7) is 1.02. The van der Waals surface area contributed by atoms with Crippen LogP contribution in [0.1, 0.15) is 29.2 Å². The summed E-state index contributed by atoms with van der Waals surface area (Å²) >= 11 is 1.71. The highest BCUT2D eigenvalue weighted by Gasteiger charge is 2.55. The van der Waals surface area contributed by atoms with Crippen LogP contribution in [-0.4, -0.2) is 64.0 Å². The topological polar surface area (TPSA) is 96.0 Å². The van der Waals surface area contributed by atoms with Gasteiger partial charge in [-0.2, -0.15) is 0 Å². The van der Waals surface area contributed by atoms with Crippen molar-refractivity contribution in [2.24, 2.45) is 0 Å². The maximum atomic E-state index is 13.2. The van der Waals surface area contributed by atoms with Gasteiger partial charge in [-0.15, -0.1) is 11.8 Å². The van der Waals surface area contributed by atoms with Crippen molar-refractivity contribution in [3.05, 3.63) is 48.3 Å². The first-order chi connectivity index (χ1) is 14.1. The number of amides is 3. The third-order valence-corrected chi connectivity index (χ3v) is 7.13. The summed E-state index contributed by atoms with van der Waals surface area (Å²) in [5, 5.41) is 3.06. The Labute approximate surface area is 171 Å². The standard InChI is InChI=1S/C20H21N3O5S/c24-18(16-4-2-8-28-16)21-14-5-6-22-17(14)20(26)23-10-13(9-15(23)19(22)25)29-11-12-3-1-7-27-12/h1-4,7-8,13-15,17H,5-6,9-11H2,(H,21,24)/t13-,14-,15-,17-/m0/s1. The molecule has 2 aromatic heterocycles. The molecule has 0 saturated carbocycles. The Morgan fingerprint density at radius 3 is 2.72 bits per heavy atom. The Morgan fingerprint density at radius 1 is 1.14 bits per heavy atom. The number of carbonyl (C=O) groups excluding carboxylic acids is 3. The minimum absolute atomic E-state index is 0.00885. The number of carbonyl (C=O) groups is 3. The first-order valence-corrected chi connectivity index (χ1v) is 10.8. The first kappa shape index (κ1) is 18.4. The van der Waals surface area contributed by atoms with Gasteiger partial charge in [0, 0.05) is 18.3 Å². The summed E-state index contributed by atoms with van der Waals surface area (Å²) in [4.78, 5) is 42.0. The molecule has 2 aromatic rings. The normalized spacial score (nSPS) is 28.6. The lowest BCUT2D eigenvalue weighted by atomic mass is 10.0. The fourth-order valence-electron chi connectivity index (χ4n) is 4.50. The number of hydrogen-bond acceptors (Lipinski definition) is 6. The van der Waals surface area contributed by atoms with Crippen LogP contribution in [0.5, 0.6) is 0 Å². The second-order valence-corrected chi connectivity index (χ2v) is 8.87. The Bertz CT molecular complexity index is 913. The molecular weight excluding hydrogens is 394 g/mol. The van der Waals surface area contributed by atoms with Crippen molar-refractivity contribution in [2.75, 3.05) is 13.1 Å². The Morgan fingerprint density at radius 2 is 1.97 bits per heavy atom. The molecule has 0 unspecified atom stereocenters. The van der Waals surface area contributed by atoms with Gasteiger partial charge in [-0.25, -0.2) is 0 Å². The van der Waals surface area contributed by atoms with Crippen LogP contribution in [0.2, 0.25) is 0 Å². The van der Waals surface area contributed by atoms with Crippen molar-refractivity contribution in [1.29, 1.82) is 0 Å². The van der Waals surface area contributed by atoms with Crippen LogP contribution < -0.4 is 5.32 Å².